The van der Waals surface area contributed by atoms with E-state index in [9.17, 15) is 9.59 Å². The van der Waals surface area contributed by atoms with E-state index < -0.39 is 5.97 Å². The van der Waals surface area contributed by atoms with Gasteiger partial charge in [0.25, 0.3) is 5.91 Å². The third-order valence-electron chi connectivity index (χ3n) is 4.36. The van der Waals surface area contributed by atoms with E-state index in [1.54, 1.807) is 6.07 Å². The Morgan fingerprint density at radius 2 is 2.08 bits per heavy atom. The van der Waals surface area contributed by atoms with E-state index in [1.165, 1.54) is 23.8 Å². The summed E-state index contributed by atoms with van der Waals surface area (Å²) in [5, 5.41) is 8.85. The first kappa shape index (κ1) is 16.1. The van der Waals surface area contributed by atoms with Crippen molar-refractivity contribution in [2.75, 3.05) is 18.5 Å². The number of benzene rings is 1. The number of hydrogen-bond acceptors (Lipinski definition) is 4. The fourth-order valence-electron chi connectivity index (χ4n) is 3.16. The summed E-state index contributed by atoms with van der Waals surface area (Å²) in [7, 11) is 1.47. The van der Waals surface area contributed by atoms with Crippen LogP contribution < -0.4 is 4.90 Å². The zero-order valence-electron chi connectivity index (χ0n) is 13.7. The number of anilines is 1. The molecule has 6 nitrogen and oxygen atoms in total. The molecular formula is C18H20N2O4. The van der Waals surface area contributed by atoms with Gasteiger partial charge >= 0.3 is 5.97 Å². The highest BCUT2D eigenvalue weighted by Gasteiger charge is 2.28. The summed E-state index contributed by atoms with van der Waals surface area (Å²) in [5.41, 5.74) is 2.85. The van der Waals surface area contributed by atoms with E-state index in [2.05, 4.69) is 24.0 Å². The van der Waals surface area contributed by atoms with E-state index in [4.69, 9.17) is 9.52 Å². The van der Waals surface area contributed by atoms with Crippen LogP contribution >= 0.6 is 0 Å². The summed E-state index contributed by atoms with van der Waals surface area (Å²) in [4.78, 5) is 26.6. The van der Waals surface area contributed by atoms with Crippen molar-refractivity contribution in [3.05, 3.63) is 53.5 Å². The van der Waals surface area contributed by atoms with Crippen molar-refractivity contribution in [3.63, 3.8) is 0 Å². The second-order valence-corrected chi connectivity index (χ2v) is 6.12. The highest BCUT2D eigenvalue weighted by Crippen LogP contribution is 2.33. The summed E-state index contributed by atoms with van der Waals surface area (Å²) in [6, 6.07) is 10.1. The molecule has 1 unspecified atom stereocenters. The third-order valence-corrected chi connectivity index (χ3v) is 4.36. The summed E-state index contributed by atoms with van der Waals surface area (Å²) in [6.45, 7) is 2.28. The molecule has 126 valence electrons. The molecule has 0 aliphatic carbocycles. The molecule has 6 heteroatoms. The predicted molar refractivity (Wildman–Crippen MR) is 89.1 cm³/mol. The first-order chi connectivity index (χ1) is 11.5. The minimum Gasteiger partial charge on any atom is -0.480 e. The van der Waals surface area contributed by atoms with Gasteiger partial charge in [0.05, 0.1) is 18.4 Å². The number of furan rings is 1. The lowest BCUT2D eigenvalue weighted by Gasteiger charge is -2.24. The molecule has 1 aliphatic heterocycles. The number of nitrogens with zero attached hydrogens (tertiary/aromatic N) is 2. The lowest BCUT2D eigenvalue weighted by molar-refractivity contribution is -0.137. The van der Waals surface area contributed by atoms with Crippen LogP contribution in [0.5, 0.6) is 0 Å². The Bertz CT molecular complexity index is 768. The lowest BCUT2D eigenvalue weighted by atomic mass is 10.1. The molecule has 0 bridgehead atoms. The van der Waals surface area contributed by atoms with E-state index in [1.807, 2.05) is 12.1 Å². The average molecular weight is 328 g/mol. The van der Waals surface area contributed by atoms with Crippen LogP contribution in [0.3, 0.4) is 0 Å². The van der Waals surface area contributed by atoms with Crippen molar-refractivity contribution >= 4 is 17.6 Å². The number of hydrogen-bond donors (Lipinski definition) is 1. The highest BCUT2D eigenvalue weighted by molar-refractivity contribution is 5.96. The maximum Gasteiger partial charge on any atom is 0.323 e. The standard InChI is InChI=1S/C18H20N2O4/c1-12-9-13-5-3-4-6-15(13)20(12)10-16-14(7-8-24-16)18(23)19(2)11-17(21)22/h3-8,12H,9-11H2,1-2H3,(H,21,22). The quantitative estimate of drug-likeness (QED) is 0.912. The van der Waals surface area contributed by atoms with Crippen LogP contribution in [-0.2, 0) is 17.8 Å². The minimum absolute atomic E-state index is 0.312. The van der Waals surface area contributed by atoms with Gasteiger partial charge in [-0.3, -0.25) is 9.59 Å². The third kappa shape index (κ3) is 2.99. The van der Waals surface area contributed by atoms with E-state index >= 15 is 0 Å². The Morgan fingerprint density at radius 3 is 2.83 bits per heavy atom. The molecule has 1 amide bonds. The lowest BCUT2D eigenvalue weighted by Crippen LogP contribution is -2.33. The topological polar surface area (TPSA) is 74.0 Å². The number of fused-ring (bicyclic) bond motifs is 1. The summed E-state index contributed by atoms with van der Waals surface area (Å²) in [5.74, 6) is -0.833. The number of aliphatic carboxylic acids is 1. The fraction of sp³-hybridized carbons (Fsp3) is 0.333. The van der Waals surface area contributed by atoms with Crippen LogP contribution in [0.4, 0.5) is 5.69 Å². The molecule has 0 spiro atoms. The minimum atomic E-state index is -1.04. The normalized spacial score (nSPS) is 16.1. The Balaban J connectivity index is 1.82. The van der Waals surface area contributed by atoms with Crippen molar-refractivity contribution < 1.29 is 19.1 Å². The molecular weight excluding hydrogens is 308 g/mol. The number of carbonyl (C=O) groups excluding carboxylic acids is 1. The van der Waals surface area contributed by atoms with Gasteiger partial charge in [0, 0.05) is 18.8 Å². The largest absolute Gasteiger partial charge is 0.480 e. The Morgan fingerprint density at radius 1 is 1.33 bits per heavy atom. The number of para-hydroxylation sites is 1. The summed E-state index contributed by atoms with van der Waals surface area (Å²) in [6.07, 6.45) is 2.43. The SMILES string of the molecule is CC1Cc2ccccc2N1Cc1occc1C(=O)N(C)CC(=O)O. The number of likely N-dealkylation sites (N-methyl/N-ethyl adjacent to an activating group) is 1. The smallest absolute Gasteiger partial charge is 0.323 e. The van der Waals surface area contributed by atoms with Crippen LogP contribution in [-0.4, -0.2) is 41.5 Å². The van der Waals surface area contributed by atoms with Crippen molar-refractivity contribution in [1.82, 2.24) is 4.90 Å². The van der Waals surface area contributed by atoms with Crippen molar-refractivity contribution in [2.45, 2.75) is 25.9 Å². The number of carbonyl (C=O) groups is 2. The van der Waals surface area contributed by atoms with E-state index in [-0.39, 0.29) is 12.5 Å². The van der Waals surface area contributed by atoms with E-state index in [0.717, 1.165) is 12.1 Å². The molecule has 1 aliphatic rings. The molecule has 0 radical (unpaired) electrons. The number of carboxylic acids is 1. The van der Waals surface area contributed by atoms with Crippen LogP contribution in [0.1, 0.15) is 28.6 Å². The van der Waals surface area contributed by atoms with Gasteiger partial charge in [0.1, 0.15) is 12.3 Å². The maximum absolute atomic E-state index is 12.4. The molecule has 1 N–H and O–H groups in total. The Hall–Kier alpha value is -2.76. The maximum atomic E-state index is 12.4. The van der Waals surface area contributed by atoms with Crippen LogP contribution in [0.25, 0.3) is 0 Å². The molecule has 24 heavy (non-hydrogen) atoms. The van der Waals surface area contributed by atoms with Crippen molar-refractivity contribution in [2.24, 2.45) is 0 Å². The van der Waals surface area contributed by atoms with Crippen LogP contribution in [0.15, 0.2) is 41.0 Å². The summed E-state index contributed by atoms with van der Waals surface area (Å²) >= 11 is 0. The molecule has 2 heterocycles. The Labute approximate surface area is 140 Å². The van der Waals surface area contributed by atoms with Gasteiger partial charge in [-0.1, -0.05) is 18.2 Å². The van der Waals surface area contributed by atoms with Crippen LogP contribution in [0.2, 0.25) is 0 Å². The molecule has 0 saturated heterocycles. The molecule has 1 aromatic heterocycles. The Kier molecular flexibility index (Phi) is 4.29. The molecule has 0 saturated carbocycles. The number of amides is 1. The second-order valence-electron chi connectivity index (χ2n) is 6.12. The van der Waals surface area contributed by atoms with Gasteiger partial charge in [-0.15, -0.1) is 0 Å². The molecule has 3 rings (SSSR count). The fourth-order valence-corrected chi connectivity index (χ4v) is 3.16. The summed E-state index contributed by atoms with van der Waals surface area (Å²) < 4.78 is 5.53. The predicted octanol–water partition coefficient (Wildman–Crippen LogP) is 2.39. The molecule has 0 fully saturated rings. The zero-order chi connectivity index (χ0) is 17.3. The van der Waals surface area contributed by atoms with Crippen LogP contribution in [0, 0.1) is 0 Å². The van der Waals surface area contributed by atoms with Gasteiger partial charge < -0.3 is 19.3 Å². The number of carboxylic acid groups (broad SMARTS) is 1. The first-order valence-electron chi connectivity index (χ1n) is 7.85. The van der Waals surface area contributed by atoms with Gasteiger partial charge in [-0.2, -0.15) is 0 Å². The zero-order valence-corrected chi connectivity index (χ0v) is 13.7. The monoisotopic (exact) mass is 328 g/mol. The van der Waals surface area contributed by atoms with Gasteiger partial charge in [0.2, 0.25) is 0 Å². The second kappa shape index (κ2) is 6.39. The molecule has 2 aromatic rings. The molecule has 1 aromatic carbocycles. The average Bonchev–Trinajstić information content (AvgIpc) is 3.11. The molecule has 1 atom stereocenters. The number of rotatable bonds is 5. The first-order valence-corrected chi connectivity index (χ1v) is 7.85. The van der Waals surface area contributed by atoms with Crippen molar-refractivity contribution in [1.29, 1.82) is 0 Å². The van der Waals surface area contributed by atoms with Gasteiger partial charge in [-0.05, 0) is 31.0 Å². The van der Waals surface area contributed by atoms with Gasteiger partial charge in [-0.25, -0.2) is 0 Å². The highest BCUT2D eigenvalue weighted by atomic mass is 16.4. The van der Waals surface area contributed by atoms with Gasteiger partial charge in [0.15, 0.2) is 0 Å². The van der Waals surface area contributed by atoms with Crippen molar-refractivity contribution in [3.8, 4) is 0 Å². The van der Waals surface area contributed by atoms with E-state index in [0.29, 0.717) is 23.9 Å².